The van der Waals surface area contributed by atoms with Crippen molar-refractivity contribution in [1.29, 1.82) is 0 Å². The first kappa shape index (κ1) is 35.7. The van der Waals surface area contributed by atoms with E-state index in [0.29, 0.717) is 0 Å². The number of para-hydroxylation sites is 3. The molecular formula is C60H38N2S. The quantitative estimate of drug-likeness (QED) is 0.152. The predicted molar refractivity (Wildman–Crippen MR) is 272 cm³/mol. The molecule has 2 aromatic heterocycles. The highest BCUT2D eigenvalue weighted by Gasteiger charge is 2.18. The van der Waals surface area contributed by atoms with E-state index >= 15 is 0 Å². The summed E-state index contributed by atoms with van der Waals surface area (Å²) in [5, 5.41) is 12.8. The van der Waals surface area contributed by atoms with Gasteiger partial charge in [-0.25, -0.2) is 0 Å². The molecule has 0 aliphatic rings. The molecule has 0 saturated heterocycles. The average Bonchev–Trinajstić information content (AvgIpc) is 3.90. The van der Waals surface area contributed by atoms with Gasteiger partial charge in [0.2, 0.25) is 0 Å². The predicted octanol–water partition coefficient (Wildman–Crippen LogP) is 17.4. The van der Waals surface area contributed by atoms with Gasteiger partial charge in [0.15, 0.2) is 0 Å². The Balaban J connectivity index is 0.922. The zero-order valence-electron chi connectivity index (χ0n) is 34.2. The Morgan fingerprint density at radius 1 is 0.317 bits per heavy atom. The maximum atomic E-state index is 2.42. The SMILES string of the molecule is c1ccc(-n2c3ccccc3c3ccccc32)c(-c2ccc(N(c3ccc(-c4ccc5c(c4)sc4c6ccccc6ccc54)cc3)c3ccc4ccc5ccccc5c4c3)cc2)c1. The molecule has 11 aromatic carbocycles. The van der Waals surface area contributed by atoms with Crippen LogP contribution in [0.3, 0.4) is 0 Å². The van der Waals surface area contributed by atoms with Crippen molar-refractivity contribution in [1.82, 2.24) is 4.57 Å². The van der Waals surface area contributed by atoms with Gasteiger partial charge in [-0.1, -0.05) is 170 Å². The number of fused-ring (bicyclic) bond motifs is 11. The minimum atomic E-state index is 1.10. The van der Waals surface area contributed by atoms with Crippen molar-refractivity contribution in [2.75, 3.05) is 4.90 Å². The van der Waals surface area contributed by atoms with Crippen LogP contribution >= 0.6 is 11.3 Å². The lowest BCUT2D eigenvalue weighted by atomic mass is 10.00. The highest BCUT2D eigenvalue weighted by atomic mass is 32.1. The first-order valence-corrected chi connectivity index (χ1v) is 22.4. The molecule has 0 N–H and O–H groups in total. The molecule has 13 rings (SSSR count). The van der Waals surface area contributed by atoms with Crippen molar-refractivity contribution in [3.8, 4) is 27.9 Å². The highest BCUT2D eigenvalue weighted by Crippen LogP contribution is 2.43. The third-order valence-electron chi connectivity index (χ3n) is 13.0. The van der Waals surface area contributed by atoms with E-state index in [1.807, 2.05) is 11.3 Å². The largest absolute Gasteiger partial charge is 0.310 e. The van der Waals surface area contributed by atoms with E-state index in [-0.39, 0.29) is 0 Å². The Kier molecular flexibility index (Phi) is 8.12. The number of benzene rings is 11. The Labute approximate surface area is 368 Å². The average molecular weight is 819 g/mol. The van der Waals surface area contributed by atoms with Gasteiger partial charge in [-0.2, -0.15) is 0 Å². The van der Waals surface area contributed by atoms with E-state index in [2.05, 4.69) is 240 Å². The van der Waals surface area contributed by atoms with Crippen LogP contribution in [0, 0.1) is 0 Å². The fourth-order valence-electron chi connectivity index (χ4n) is 9.95. The molecule has 0 saturated carbocycles. The molecule has 0 radical (unpaired) electrons. The first-order valence-electron chi connectivity index (χ1n) is 21.6. The molecular weight excluding hydrogens is 781 g/mol. The highest BCUT2D eigenvalue weighted by molar-refractivity contribution is 7.26. The van der Waals surface area contributed by atoms with Gasteiger partial charge in [-0.05, 0) is 110 Å². The second-order valence-electron chi connectivity index (χ2n) is 16.5. The summed E-state index contributed by atoms with van der Waals surface area (Å²) < 4.78 is 5.09. The van der Waals surface area contributed by atoms with Crippen LogP contribution in [0.1, 0.15) is 0 Å². The van der Waals surface area contributed by atoms with E-state index < -0.39 is 0 Å². The number of nitrogens with zero attached hydrogens (tertiary/aromatic N) is 2. The molecule has 63 heavy (non-hydrogen) atoms. The Morgan fingerprint density at radius 3 is 1.56 bits per heavy atom. The summed E-state index contributed by atoms with van der Waals surface area (Å²) in [5.41, 5.74) is 11.7. The summed E-state index contributed by atoms with van der Waals surface area (Å²) in [6.07, 6.45) is 0. The topological polar surface area (TPSA) is 8.17 Å². The number of hydrogen-bond donors (Lipinski definition) is 0. The third-order valence-corrected chi connectivity index (χ3v) is 14.2. The van der Waals surface area contributed by atoms with E-state index in [0.717, 1.165) is 17.1 Å². The van der Waals surface area contributed by atoms with Crippen LogP contribution in [0.4, 0.5) is 17.1 Å². The molecule has 0 unspecified atom stereocenters. The van der Waals surface area contributed by atoms with E-state index in [1.165, 1.54) is 102 Å². The van der Waals surface area contributed by atoms with Gasteiger partial charge in [0, 0.05) is 53.6 Å². The number of rotatable bonds is 6. The molecule has 0 spiro atoms. The van der Waals surface area contributed by atoms with Gasteiger partial charge in [0.25, 0.3) is 0 Å². The second kappa shape index (κ2) is 14.3. The van der Waals surface area contributed by atoms with Crippen LogP contribution in [-0.4, -0.2) is 4.57 Å². The van der Waals surface area contributed by atoms with Crippen LogP contribution in [0.5, 0.6) is 0 Å². The van der Waals surface area contributed by atoms with Crippen molar-refractivity contribution in [2.24, 2.45) is 0 Å². The van der Waals surface area contributed by atoms with Crippen molar-refractivity contribution in [2.45, 2.75) is 0 Å². The van der Waals surface area contributed by atoms with Crippen LogP contribution in [-0.2, 0) is 0 Å². The minimum Gasteiger partial charge on any atom is -0.310 e. The molecule has 0 bridgehead atoms. The number of aromatic nitrogens is 1. The van der Waals surface area contributed by atoms with Gasteiger partial charge in [0.1, 0.15) is 0 Å². The number of hydrogen-bond acceptors (Lipinski definition) is 2. The lowest BCUT2D eigenvalue weighted by Gasteiger charge is -2.26. The Bertz CT molecular complexity index is 3860. The van der Waals surface area contributed by atoms with Crippen molar-refractivity contribution < 1.29 is 0 Å². The van der Waals surface area contributed by atoms with Crippen LogP contribution in [0.15, 0.2) is 231 Å². The van der Waals surface area contributed by atoms with Gasteiger partial charge in [0.05, 0.1) is 16.7 Å². The smallest absolute Gasteiger partial charge is 0.0541 e. The maximum Gasteiger partial charge on any atom is 0.0541 e. The molecule has 0 amide bonds. The summed E-state index contributed by atoms with van der Waals surface area (Å²) in [7, 11) is 0. The first-order chi connectivity index (χ1) is 31.2. The van der Waals surface area contributed by atoms with E-state index in [1.54, 1.807) is 0 Å². The normalized spacial score (nSPS) is 11.8. The van der Waals surface area contributed by atoms with E-state index in [4.69, 9.17) is 0 Å². The lowest BCUT2D eigenvalue weighted by molar-refractivity contribution is 1.18. The zero-order chi connectivity index (χ0) is 41.4. The third kappa shape index (κ3) is 5.78. The molecule has 3 heteroatoms. The van der Waals surface area contributed by atoms with Crippen molar-refractivity contribution in [3.63, 3.8) is 0 Å². The van der Waals surface area contributed by atoms with Crippen LogP contribution < -0.4 is 4.90 Å². The number of thiophene rings is 1. The number of anilines is 3. The van der Waals surface area contributed by atoms with Crippen LogP contribution in [0.25, 0.3) is 102 Å². The molecule has 2 heterocycles. The lowest BCUT2D eigenvalue weighted by Crippen LogP contribution is -2.10. The second-order valence-corrected chi connectivity index (χ2v) is 17.5. The van der Waals surface area contributed by atoms with Gasteiger partial charge in [-0.15, -0.1) is 11.3 Å². The van der Waals surface area contributed by atoms with Crippen molar-refractivity contribution in [3.05, 3.63) is 231 Å². The molecule has 0 atom stereocenters. The summed E-state index contributed by atoms with van der Waals surface area (Å²) in [4.78, 5) is 2.40. The summed E-state index contributed by atoms with van der Waals surface area (Å²) in [6, 6.07) is 84.7. The van der Waals surface area contributed by atoms with Crippen molar-refractivity contribution >= 4 is 103 Å². The minimum absolute atomic E-state index is 1.10. The molecule has 0 fully saturated rings. The fourth-order valence-corrected chi connectivity index (χ4v) is 11.2. The summed E-state index contributed by atoms with van der Waals surface area (Å²) >= 11 is 1.89. The molecule has 0 aliphatic carbocycles. The maximum absolute atomic E-state index is 2.42. The molecule has 0 aliphatic heterocycles. The van der Waals surface area contributed by atoms with Gasteiger partial charge < -0.3 is 9.47 Å². The standard InChI is InChI=1S/C60H38N2S/c1-3-13-48-40(11-1)21-22-43-27-34-47(38-55(43)48)61(45-30-23-39(24-31-45)44-29-35-53-54-36-28-41-12-2-4-15-50(41)60(54)63-59(53)37-44)46-32-25-42(26-33-46)49-14-5-8-18-56(49)62-57-19-9-6-16-51(57)52-17-7-10-20-58(52)62/h1-38H. The van der Waals surface area contributed by atoms with Gasteiger partial charge in [-0.3, -0.25) is 0 Å². The Morgan fingerprint density at radius 2 is 0.825 bits per heavy atom. The molecule has 13 aromatic rings. The molecule has 2 nitrogen and oxygen atoms in total. The monoisotopic (exact) mass is 818 g/mol. The fraction of sp³-hybridized carbons (Fsp3) is 0. The molecule has 294 valence electrons. The zero-order valence-corrected chi connectivity index (χ0v) is 35.1. The summed E-state index contributed by atoms with van der Waals surface area (Å²) in [5.74, 6) is 0. The summed E-state index contributed by atoms with van der Waals surface area (Å²) in [6.45, 7) is 0. The van der Waals surface area contributed by atoms with Gasteiger partial charge >= 0.3 is 0 Å². The van der Waals surface area contributed by atoms with E-state index in [9.17, 15) is 0 Å². The van der Waals surface area contributed by atoms with Crippen LogP contribution in [0.2, 0.25) is 0 Å². The Hall–Kier alpha value is -7.98.